The summed E-state index contributed by atoms with van der Waals surface area (Å²) in [6.07, 6.45) is 5.56. The molecule has 1 aliphatic carbocycles. The number of hydrogen-bond acceptors (Lipinski definition) is 2. The van der Waals surface area contributed by atoms with Gasteiger partial charge in [-0.05, 0) is 61.9 Å². The molecule has 2 aromatic rings. The van der Waals surface area contributed by atoms with Crippen molar-refractivity contribution < 1.29 is 9.18 Å². The van der Waals surface area contributed by atoms with Crippen LogP contribution in [0.15, 0.2) is 36.7 Å². The van der Waals surface area contributed by atoms with Gasteiger partial charge in [0, 0.05) is 24.0 Å². The van der Waals surface area contributed by atoms with E-state index < -0.39 is 0 Å². The summed E-state index contributed by atoms with van der Waals surface area (Å²) in [6, 6.07) is 6.77. The molecule has 22 heavy (non-hydrogen) atoms. The van der Waals surface area contributed by atoms with E-state index in [1.54, 1.807) is 18.5 Å². The van der Waals surface area contributed by atoms with Gasteiger partial charge in [0.15, 0.2) is 0 Å². The number of amides is 1. The van der Waals surface area contributed by atoms with Crippen molar-refractivity contribution in [2.75, 3.05) is 0 Å². The van der Waals surface area contributed by atoms with Crippen molar-refractivity contribution in [2.24, 2.45) is 5.92 Å². The Bertz CT molecular complexity index is 690. The summed E-state index contributed by atoms with van der Waals surface area (Å²) in [6.45, 7) is 3.87. The first-order chi connectivity index (χ1) is 10.5. The van der Waals surface area contributed by atoms with E-state index in [-0.39, 0.29) is 17.8 Å². The summed E-state index contributed by atoms with van der Waals surface area (Å²) in [5.74, 6) is 0.194. The standard InChI is InChI=1S/C18H19FN2O/c1-11-5-14(8-17(19)6-11)15-7-16(10-20-9-15)18(22)21-12(2)13-3-4-13/h5-10,12-13H,3-4H2,1-2H3,(H,21,22). The van der Waals surface area contributed by atoms with E-state index in [2.05, 4.69) is 10.3 Å². The molecule has 1 saturated carbocycles. The van der Waals surface area contributed by atoms with Crippen LogP contribution in [0, 0.1) is 18.7 Å². The molecular weight excluding hydrogens is 279 g/mol. The minimum atomic E-state index is -0.285. The molecule has 0 saturated heterocycles. The van der Waals surface area contributed by atoms with E-state index in [0.717, 1.165) is 16.7 Å². The molecule has 1 N–H and O–H groups in total. The second-order valence-electron chi connectivity index (χ2n) is 6.08. The lowest BCUT2D eigenvalue weighted by atomic mass is 10.0. The monoisotopic (exact) mass is 298 g/mol. The molecule has 0 aliphatic heterocycles. The minimum absolute atomic E-state index is 0.123. The zero-order valence-electron chi connectivity index (χ0n) is 12.8. The van der Waals surface area contributed by atoms with Crippen molar-refractivity contribution >= 4 is 5.91 Å². The van der Waals surface area contributed by atoms with Gasteiger partial charge in [0.1, 0.15) is 5.82 Å². The molecule has 0 spiro atoms. The van der Waals surface area contributed by atoms with Crippen molar-refractivity contribution in [2.45, 2.75) is 32.7 Å². The number of pyridine rings is 1. The fourth-order valence-electron chi connectivity index (χ4n) is 2.63. The molecule has 1 fully saturated rings. The summed E-state index contributed by atoms with van der Waals surface area (Å²) in [5, 5.41) is 3.01. The van der Waals surface area contributed by atoms with Crippen molar-refractivity contribution in [3.05, 3.63) is 53.6 Å². The highest BCUT2D eigenvalue weighted by Crippen LogP contribution is 2.32. The van der Waals surface area contributed by atoms with E-state index in [1.165, 1.54) is 25.0 Å². The van der Waals surface area contributed by atoms with Gasteiger partial charge in [-0.1, -0.05) is 6.07 Å². The zero-order chi connectivity index (χ0) is 15.7. The fraction of sp³-hybridized carbons (Fsp3) is 0.333. The van der Waals surface area contributed by atoms with Crippen LogP contribution >= 0.6 is 0 Å². The first-order valence-electron chi connectivity index (χ1n) is 7.56. The molecule has 1 heterocycles. The highest BCUT2D eigenvalue weighted by atomic mass is 19.1. The molecule has 0 radical (unpaired) electrons. The average Bonchev–Trinajstić information content (AvgIpc) is 3.31. The average molecular weight is 298 g/mol. The van der Waals surface area contributed by atoms with E-state index in [9.17, 15) is 9.18 Å². The number of nitrogens with one attached hydrogen (secondary N) is 1. The predicted molar refractivity (Wildman–Crippen MR) is 84.0 cm³/mol. The van der Waals surface area contributed by atoms with E-state index in [1.807, 2.05) is 19.9 Å². The Morgan fingerprint density at radius 1 is 1.23 bits per heavy atom. The Hall–Kier alpha value is -2.23. The summed E-state index contributed by atoms with van der Waals surface area (Å²) in [4.78, 5) is 16.4. The van der Waals surface area contributed by atoms with Gasteiger partial charge in [-0.3, -0.25) is 9.78 Å². The quantitative estimate of drug-likeness (QED) is 0.934. The number of nitrogens with zero attached hydrogens (tertiary/aromatic N) is 1. The van der Waals surface area contributed by atoms with Crippen molar-refractivity contribution in [3.63, 3.8) is 0 Å². The third kappa shape index (κ3) is 3.32. The zero-order valence-corrected chi connectivity index (χ0v) is 12.8. The summed E-state index contributed by atoms with van der Waals surface area (Å²) >= 11 is 0. The Morgan fingerprint density at radius 2 is 2.00 bits per heavy atom. The Morgan fingerprint density at radius 3 is 2.68 bits per heavy atom. The van der Waals surface area contributed by atoms with Gasteiger partial charge in [0.05, 0.1) is 5.56 Å². The number of hydrogen-bond donors (Lipinski definition) is 1. The van der Waals surface area contributed by atoms with Crippen LogP contribution in [0.3, 0.4) is 0 Å². The topological polar surface area (TPSA) is 42.0 Å². The van der Waals surface area contributed by atoms with Crippen LogP contribution in [-0.4, -0.2) is 16.9 Å². The van der Waals surface area contributed by atoms with Gasteiger partial charge < -0.3 is 5.32 Å². The van der Waals surface area contributed by atoms with Gasteiger partial charge in [-0.25, -0.2) is 4.39 Å². The molecule has 0 bridgehead atoms. The lowest BCUT2D eigenvalue weighted by molar-refractivity contribution is 0.0935. The summed E-state index contributed by atoms with van der Waals surface area (Å²) < 4.78 is 13.5. The van der Waals surface area contributed by atoms with E-state index >= 15 is 0 Å². The molecule has 114 valence electrons. The van der Waals surface area contributed by atoms with Crippen LogP contribution in [0.4, 0.5) is 4.39 Å². The summed E-state index contributed by atoms with van der Waals surface area (Å²) in [5.41, 5.74) is 2.82. The minimum Gasteiger partial charge on any atom is -0.349 e. The first-order valence-corrected chi connectivity index (χ1v) is 7.56. The number of aryl methyl sites for hydroxylation is 1. The maximum absolute atomic E-state index is 13.5. The van der Waals surface area contributed by atoms with Crippen LogP contribution in [0.1, 0.15) is 35.7 Å². The largest absolute Gasteiger partial charge is 0.349 e. The Balaban J connectivity index is 1.83. The molecule has 1 amide bonds. The molecule has 3 rings (SSSR count). The smallest absolute Gasteiger partial charge is 0.253 e. The second-order valence-corrected chi connectivity index (χ2v) is 6.08. The number of aromatic nitrogens is 1. The number of carbonyl (C=O) groups excluding carboxylic acids is 1. The third-order valence-electron chi connectivity index (χ3n) is 4.06. The van der Waals surface area contributed by atoms with Gasteiger partial charge in [-0.2, -0.15) is 0 Å². The normalized spacial score (nSPS) is 15.4. The van der Waals surface area contributed by atoms with Crippen molar-refractivity contribution in [1.82, 2.24) is 10.3 Å². The maximum atomic E-state index is 13.5. The SMILES string of the molecule is Cc1cc(F)cc(-c2cncc(C(=O)NC(C)C3CC3)c2)c1. The van der Waals surface area contributed by atoms with Crippen LogP contribution < -0.4 is 5.32 Å². The van der Waals surface area contributed by atoms with E-state index in [0.29, 0.717) is 11.5 Å². The van der Waals surface area contributed by atoms with Gasteiger partial charge in [-0.15, -0.1) is 0 Å². The highest BCUT2D eigenvalue weighted by molar-refractivity contribution is 5.95. The molecular formula is C18H19FN2O. The number of carbonyl (C=O) groups is 1. The third-order valence-corrected chi connectivity index (χ3v) is 4.06. The highest BCUT2D eigenvalue weighted by Gasteiger charge is 2.29. The van der Waals surface area contributed by atoms with Gasteiger partial charge in [0.2, 0.25) is 0 Å². The van der Waals surface area contributed by atoms with Gasteiger partial charge in [0.25, 0.3) is 5.91 Å². The molecule has 1 aromatic heterocycles. The molecule has 3 nitrogen and oxygen atoms in total. The number of benzene rings is 1. The molecule has 1 unspecified atom stereocenters. The van der Waals surface area contributed by atoms with Crippen LogP contribution in [0.25, 0.3) is 11.1 Å². The number of rotatable bonds is 4. The number of halogens is 1. The first kappa shape index (κ1) is 14.7. The van der Waals surface area contributed by atoms with Crippen LogP contribution in [-0.2, 0) is 0 Å². The van der Waals surface area contributed by atoms with E-state index in [4.69, 9.17) is 0 Å². The maximum Gasteiger partial charge on any atom is 0.253 e. The molecule has 4 heteroatoms. The molecule has 1 atom stereocenters. The second kappa shape index (κ2) is 5.87. The lowest BCUT2D eigenvalue weighted by Crippen LogP contribution is -2.34. The van der Waals surface area contributed by atoms with Crippen LogP contribution in [0.2, 0.25) is 0 Å². The summed E-state index contributed by atoms with van der Waals surface area (Å²) in [7, 11) is 0. The molecule has 1 aliphatic rings. The van der Waals surface area contributed by atoms with Crippen molar-refractivity contribution in [1.29, 1.82) is 0 Å². The Labute approximate surface area is 129 Å². The lowest BCUT2D eigenvalue weighted by Gasteiger charge is -2.13. The van der Waals surface area contributed by atoms with Crippen molar-refractivity contribution in [3.8, 4) is 11.1 Å². The fourth-order valence-corrected chi connectivity index (χ4v) is 2.63. The molecule has 1 aromatic carbocycles. The van der Waals surface area contributed by atoms with Crippen LogP contribution in [0.5, 0.6) is 0 Å². The van der Waals surface area contributed by atoms with Gasteiger partial charge >= 0.3 is 0 Å². The Kier molecular flexibility index (Phi) is 3.92. The predicted octanol–water partition coefficient (Wildman–Crippen LogP) is 3.72.